The van der Waals surface area contributed by atoms with Crippen LogP contribution < -0.4 is 10.6 Å². The van der Waals surface area contributed by atoms with Gasteiger partial charge in [-0.2, -0.15) is 0 Å². The van der Waals surface area contributed by atoms with Gasteiger partial charge in [0.05, 0.1) is 18.2 Å². The molecule has 7 heteroatoms. The highest BCUT2D eigenvalue weighted by Crippen LogP contribution is 2.24. The van der Waals surface area contributed by atoms with Crippen molar-refractivity contribution in [3.63, 3.8) is 0 Å². The van der Waals surface area contributed by atoms with Crippen molar-refractivity contribution in [2.45, 2.75) is 38.3 Å². The summed E-state index contributed by atoms with van der Waals surface area (Å²) in [5, 5.41) is 5.88. The Kier molecular flexibility index (Phi) is 7.42. The molecule has 0 unspecified atom stereocenters. The quantitative estimate of drug-likeness (QED) is 0.732. The number of hydrogen-bond acceptors (Lipinski definition) is 4. The van der Waals surface area contributed by atoms with Crippen molar-refractivity contribution in [3.8, 4) is 0 Å². The summed E-state index contributed by atoms with van der Waals surface area (Å²) in [6, 6.07) is 6.17. The third-order valence-electron chi connectivity index (χ3n) is 5.66. The van der Waals surface area contributed by atoms with Gasteiger partial charge >= 0.3 is 6.03 Å². The first-order chi connectivity index (χ1) is 13.7. The lowest BCUT2D eigenvalue weighted by atomic mass is 9.93. The first-order valence-electron chi connectivity index (χ1n) is 10.2. The first-order valence-corrected chi connectivity index (χ1v) is 10.2. The zero-order chi connectivity index (χ0) is 19.8. The van der Waals surface area contributed by atoms with Crippen molar-refractivity contribution in [1.82, 2.24) is 25.4 Å². The molecule has 1 atom stereocenters. The molecule has 3 heterocycles. The number of aromatic nitrogens is 1. The fraction of sp³-hybridized carbons (Fsp3) is 0.571. The third-order valence-corrected chi connectivity index (χ3v) is 5.66. The third kappa shape index (κ3) is 5.55. The monoisotopic (exact) mass is 385 g/mol. The van der Waals surface area contributed by atoms with E-state index in [-0.39, 0.29) is 17.9 Å². The van der Waals surface area contributed by atoms with Gasteiger partial charge in [-0.15, -0.1) is 6.58 Å². The van der Waals surface area contributed by atoms with Crippen molar-refractivity contribution < 1.29 is 9.59 Å². The molecule has 28 heavy (non-hydrogen) atoms. The summed E-state index contributed by atoms with van der Waals surface area (Å²) in [5.74, 6) is 0.156. The van der Waals surface area contributed by atoms with Crippen molar-refractivity contribution in [2.75, 3.05) is 32.7 Å². The predicted octanol–water partition coefficient (Wildman–Crippen LogP) is 1.77. The molecule has 7 nitrogen and oxygen atoms in total. The maximum atomic E-state index is 12.6. The smallest absolute Gasteiger partial charge is 0.317 e. The minimum Gasteiger partial charge on any atom is -0.350 e. The zero-order valence-corrected chi connectivity index (χ0v) is 16.5. The second-order valence-corrected chi connectivity index (χ2v) is 7.57. The van der Waals surface area contributed by atoms with E-state index in [9.17, 15) is 9.59 Å². The second-order valence-electron chi connectivity index (χ2n) is 7.57. The molecule has 3 amide bonds. The normalized spacial score (nSPS) is 21.1. The summed E-state index contributed by atoms with van der Waals surface area (Å²) in [7, 11) is 0. The van der Waals surface area contributed by atoms with Crippen molar-refractivity contribution >= 4 is 11.9 Å². The number of nitrogens with zero attached hydrogens (tertiary/aromatic N) is 3. The summed E-state index contributed by atoms with van der Waals surface area (Å²) < 4.78 is 0. The molecule has 0 aliphatic carbocycles. The molecule has 2 aliphatic heterocycles. The van der Waals surface area contributed by atoms with Crippen LogP contribution in [0.4, 0.5) is 4.79 Å². The van der Waals surface area contributed by atoms with E-state index in [1.165, 1.54) is 0 Å². The largest absolute Gasteiger partial charge is 0.350 e. The van der Waals surface area contributed by atoms with E-state index in [1.54, 1.807) is 12.3 Å². The lowest BCUT2D eigenvalue weighted by Crippen LogP contribution is -2.52. The van der Waals surface area contributed by atoms with Crippen molar-refractivity contribution in [3.05, 3.63) is 42.7 Å². The predicted molar refractivity (Wildman–Crippen MR) is 109 cm³/mol. The van der Waals surface area contributed by atoms with Gasteiger partial charge in [-0.1, -0.05) is 12.1 Å². The molecule has 0 aromatic carbocycles. The number of urea groups is 1. The van der Waals surface area contributed by atoms with Gasteiger partial charge < -0.3 is 15.5 Å². The molecular formula is C21H31N5O2. The molecule has 2 saturated heterocycles. The minimum absolute atomic E-state index is 0.0104. The Morgan fingerprint density at radius 1 is 1.18 bits per heavy atom. The molecule has 3 rings (SSSR count). The van der Waals surface area contributed by atoms with E-state index in [1.807, 2.05) is 23.1 Å². The summed E-state index contributed by atoms with van der Waals surface area (Å²) in [6.45, 7) is 7.98. The SMILES string of the molecule is C=CCNC(=O)N1CCC(N2CCC[C@@H](C(=O)NCc3ccccn3)C2)CC1. The van der Waals surface area contributed by atoms with E-state index >= 15 is 0 Å². The molecule has 152 valence electrons. The molecule has 1 aromatic rings. The van der Waals surface area contributed by atoms with Crippen LogP contribution in [-0.4, -0.2) is 65.5 Å². The number of likely N-dealkylation sites (tertiary alicyclic amines) is 2. The van der Waals surface area contributed by atoms with Crippen LogP contribution in [0, 0.1) is 5.92 Å². The number of hydrogen-bond donors (Lipinski definition) is 2. The summed E-state index contributed by atoms with van der Waals surface area (Å²) >= 11 is 0. The topological polar surface area (TPSA) is 77.6 Å². The van der Waals surface area contributed by atoms with E-state index in [2.05, 4.69) is 27.1 Å². The molecule has 1 aromatic heterocycles. The highest BCUT2D eigenvalue weighted by molar-refractivity contribution is 5.79. The number of amides is 3. The van der Waals surface area contributed by atoms with Crippen LogP contribution >= 0.6 is 0 Å². The van der Waals surface area contributed by atoms with Crippen molar-refractivity contribution in [1.29, 1.82) is 0 Å². The molecule has 0 spiro atoms. The molecule has 2 aliphatic rings. The number of carbonyl (C=O) groups is 2. The lowest BCUT2D eigenvalue weighted by Gasteiger charge is -2.42. The maximum absolute atomic E-state index is 12.6. The van der Waals surface area contributed by atoms with E-state index in [0.717, 1.165) is 57.6 Å². The summed E-state index contributed by atoms with van der Waals surface area (Å²) in [5.41, 5.74) is 0.880. The van der Waals surface area contributed by atoms with E-state index < -0.39 is 0 Å². The van der Waals surface area contributed by atoms with Crippen LogP contribution in [0.15, 0.2) is 37.1 Å². The van der Waals surface area contributed by atoms with Crippen LogP contribution in [0.1, 0.15) is 31.4 Å². The number of pyridine rings is 1. The lowest BCUT2D eigenvalue weighted by molar-refractivity contribution is -0.127. The molecule has 0 saturated carbocycles. The van der Waals surface area contributed by atoms with Gasteiger partial charge in [0.2, 0.25) is 5.91 Å². The second kappa shape index (κ2) is 10.2. The number of piperidine rings is 2. The number of rotatable bonds is 6. The van der Waals surface area contributed by atoms with Crippen LogP contribution in [0.25, 0.3) is 0 Å². The maximum Gasteiger partial charge on any atom is 0.317 e. The fourth-order valence-corrected chi connectivity index (χ4v) is 4.08. The summed E-state index contributed by atoms with van der Waals surface area (Å²) in [6.07, 6.45) is 7.34. The van der Waals surface area contributed by atoms with Crippen LogP contribution in [0.3, 0.4) is 0 Å². The van der Waals surface area contributed by atoms with Gasteiger partial charge in [0.15, 0.2) is 0 Å². The van der Waals surface area contributed by atoms with E-state index in [4.69, 9.17) is 0 Å². The molecule has 2 N–H and O–H groups in total. The van der Waals surface area contributed by atoms with Crippen LogP contribution in [-0.2, 0) is 11.3 Å². The average Bonchev–Trinajstić information content (AvgIpc) is 2.76. The Labute approximate surface area is 167 Å². The van der Waals surface area contributed by atoms with Gasteiger partial charge in [0, 0.05) is 38.4 Å². The molecular weight excluding hydrogens is 354 g/mol. The zero-order valence-electron chi connectivity index (χ0n) is 16.5. The Balaban J connectivity index is 1.44. The Morgan fingerprint density at radius 3 is 2.71 bits per heavy atom. The highest BCUT2D eigenvalue weighted by atomic mass is 16.2. The van der Waals surface area contributed by atoms with E-state index in [0.29, 0.717) is 19.1 Å². The van der Waals surface area contributed by atoms with Crippen LogP contribution in [0.5, 0.6) is 0 Å². The van der Waals surface area contributed by atoms with Crippen molar-refractivity contribution in [2.24, 2.45) is 5.92 Å². The Bertz CT molecular complexity index is 658. The Hall–Kier alpha value is -2.41. The minimum atomic E-state index is -0.0104. The molecule has 0 bridgehead atoms. The number of carbonyl (C=O) groups excluding carboxylic acids is 2. The number of nitrogens with one attached hydrogen (secondary N) is 2. The fourth-order valence-electron chi connectivity index (χ4n) is 4.08. The van der Waals surface area contributed by atoms with Gasteiger partial charge in [0.25, 0.3) is 0 Å². The van der Waals surface area contributed by atoms with Gasteiger partial charge in [-0.25, -0.2) is 4.79 Å². The Morgan fingerprint density at radius 2 is 2.00 bits per heavy atom. The van der Waals surface area contributed by atoms with Gasteiger partial charge in [-0.3, -0.25) is 14.7 Å². The van der Waals surface area contributed by atoms with Gasteiger partial charge in [-0.05, 0) is 44.4 Å². The summed E-state index contributed by atoms with van der Waals surface area (Å²) in [4.78, 5) is 33.3. The molecule has 2 fully saturated rings. The average molecular weight is 386 g/mol. The van der Waals surface area contributed by atoms with Gasteiger partial charge in [0.1, 0.15) is 0 Å². The molecule has 0 radical (unpaired) electrons. The highest BCUT2D eigenvalue weighted by Gasteiger charge is 2.32. The van der Waals surface area contributed by atoms with Crippen LogP contribution in [0.2, 0.25) is 0 Å². The standard InChI is InChI=1S/C21H31N5O2/c1-2-10-23-21(28)25-13-8-19(9-14-25)26-12-5-6-17(16-26)20(27)24-15-18-7-3-4-11-22-18/h2-4,7,11,17,19H,1,5-6,8-10,12-16H2,(H,23,28)(H,24,27)/t17-/m1/s1. The first kappa shape index (κ1) is 20.3.